The largest absolute Gasteiger partial charge is 0.492 e. The van der Waals surface area contributed by atoms with Crippen molar-refractivity contribution in [1.82, 2.24) is 20.4 Å². The molecule has 0 unspecified atom stereocenters. The molecule has 0 aliphatic carbocycles. The van der Waals surface area contributed by atoms with Gasteiger partial charge < -0.3 is 30.1 Å². The number of urea groups is 1. The van der Waals surface area contributed by atoms with Crippen molar-refractivity contribution >= 4 is 17.8 Å². The molecule has 0 saturated carbocycles. The molecule has 0 radical (unpaired) electrons. The average Bonchev–Trinajstić information content (AvgIpc) is 3.36. The number of amides is 3. The third-order valence-corrected chi connectivity index (χ3v) is 4.78. The first-order valence-electron chi connectivity index (χ1n) is 10.5. The van der Waals surface area contributed by atoms with Gasteiger partial charge in [-0.25, -0.2) is 14.0 Å². The molecule has 3 rings (SSSR count). The highest BCUT2D eigenvalue weighted by Crippen LogP contribution is 2.24. The normalized spacial score (nSPS) is 10.4. The summed E-state index contributed by atoms with van der Waals surface area (Å²) >= 11 is 0. The maximum absolute atomic E-state index is 14.5. The zero-order valence-electron chi connectivity index (χ0n) is 18.6. The van der Waals surface area contributed by atoms with Crippen molar-refractivity contribution in [2.45, 2.75) is 6.54 Å². The van der Waals surface area contributed by atoms with Gasteiger partial charge in [0.15, 0.2) is 0 Å². The molecule has 11 heteroatoms. The minimum atomic E-state index is -0.543. The summed E-state index contributed by atoms with van der Waals surface area (Å²) in [5.74, 6) is 0.0601. The molecular formula is C23H26FN5O5. The molecule has 10 nitrogen and oxygen atoms in total. The number of nitrogens with one attached hydrogen (secondary N) is 3. The lowest BCUT2D eigenvalue weighted by molar-refractivity contribution is 0.168. The Hall–Kier alpha value is -4.12. The van der Waals surface area contributed by atoms with Crippen LogP contribution in [0.1, 0.15) is 5.56 Å². The molecule has 180 valence electrons. The second-order valence-electron chi connectivity index (χ2n) is 7.17. The molecule has 3 aromatic rings. The Balaban J connectivity index is 1.61. The van der Waals surface area contributed by atoms with Gasteiger partial charge >= 0.3 is 12.1 Å². The second-order valence-corrected chi connectivity index (χ2v) is 7.17. The first-order chi connectivity index (χ1) is 16.5. The molecule has 2 aromatic carbocycles. The van der Waals surface area contributed by atoms with E-state index in [0.717, 1.165) is 5.56 Å². The van der Waals surface area contributed by atoms with Gasteiger partial charge in [-0.2, -0.15) is 5.10 Å². The van der Waals surface area contributed by atoms with Crippen LogP contribution in [0.15, 0.2) is 54.9 Å². The summed E-state index contributed by atoms with van der Waals surface area (Å²) in [7, 11) is 1.28. The Bertz CT molecular complexity index is 1090. The number of carbonyl (C=O) groups is 2. The van der Waals surface area contributed by atoms with Crippen LogP contribution < -0.4 is 15.4 Å². The summed E-state index contributed by atoms with van der Waals surface area (Å²) in [4.78, 5) is 25.3. The summed E-state index contributed by atoms with van der Waals surface area (Å²) in [5.41, 5.74) is 2.01. The van der Waals surface area contributed by atoms with E-state index in [2.05, 4.69) is 25.6 Å². The quantitative estimate of drug-likeness (QED) is 0.337. The van der Waals surface area contributed by atoms with Gasteiger partial charge in [-0.05, 0) is 35.9 Å². The van der Waals surface area contributed by atoms with Crippen molar-refractivity contribution in [3.63, 3.8) is 0 Å². The number of halogens is 1. The van der Waals surface area contributed by atoms with E-state index >= 15 is 0 Å². The van der Waals surface area contributed by atoms with E-state index in [4.69, 9.17) is 4.74 Å². The number of ether oxygens (including phenoxy) is 2. The van der Waals surface area contributed by atoms with Crippen LogP contribution in [0.4, 0.5) is 19.7 Å². The highest BCUT2D eigenvalue weighted by Gasteiger charge is 2.16. The zero-order valence-corrected chi connectivity index (χ0v) is 18.6. The van der Waals surface area contributed by atoms with Crippen LogP contribution in [0.25, 0.3) is 11.1 Å². The Morgan fingerprint density at radius 2 is 2.09 bits per heavy atom. The highest BCUT2D eigenvalue weighted by molar-refractivity contribution is 5.89. The van der Waals surface area contributed by atoms with Gasteiger partial charge in [-0.3, -0.25) is 5.10 Å². The number of hydrogen-bond acceptors (Lipinski definition) is 6. The fourth-order valence-corrected chi connectivity index (χ4v) is 3.15. The molecule has 0 fully saturated rings. The van der Waals surface area contributed by atoms with Gasteiger partial charge in [-0.15, -0.1) is 0 Å². The average molecular weight is 471 g/mol. The van der Waals surface area contributed by atoms with E-state index in [-0.39, 0.29) is 38.5 Å². The molecule has 4 N–H and O–H groups in total. The van der Waals surface area contributed by atoms with Crippen molar-refractivity contribution < 1.29 is 28.6 Å². The predicted octanol–water partition coefficient (Wildman–Crippen LogP) is 2.98. The lowest BCUT2D eigenvalue weighted by Gasteiger charge is -2.23. The standard InChI is InChI=1S/C23H26FN5O5/c1-33-23(32)25-7-10-34-19-4-2-3-16(11-19)15-29(8-9-30)22(31)28-18-5-6-20(21(24)12-18)17-13-26-27-14-17/h2-6,11-14,30H,7-10,15H2,1H3,(H,25,32)(H,26,27)(H,28,31). The molecule has 0 spiro atoms. The van der Waals surface area contributed by atoms with Crippen molar-refractivity contribution in [2.24, 2.45) is 0 Å². The Kier molecular flexibility index (Phi) is 8.81. The molecular weight excluding hydrogens is 445 g/mol. The monoisotopic (exact) mass is 471 g/mol. The number of rotatable bonds is 10. The highest BCUT2D eigenvalue weighted by atomic mass is 19.1. The third-order valence-electron chi connectivity index (χ3n) is 4.78. The number of benzene rings is 2. The molecule has 3 amide bonds. The lowest BCUT2D eigenvalue weighted by atomic mass is 10.1. The first-order valence-corrected chi connectivity index (χ1v) is 10.5. The van der Waals surface area contributed by atoms with Gasteiger partial charge in [0.25, 0.3) is 0 Å². The topological polar surface area (TPSA) is 129 Å². The number of aromatic amines is 1. The van der Waals surface area contributed by atoms with Gasteiger partial charge in [-0.1, -0.05) is 12.1 Å². The van der Waals surface area contributed by atoms with E-state index in [1.807, 2.05) is 6.07 Å². The van der Waals surface area contributed by atoms with E-state index < -0.39 is 17.9 Å². The maximum atomic E-state index is 14.5. The molecule has 1 aromatic heterocycles. The Morgan fingerprint density at radius 3 is 2.79 bits per heavy atom. The summed E-state index contributed by atoms with van der Waals surface area (Å²) in [5, 5.41) is 21.0. The number of aliphatic hydroxyl groups is 1. The van der Waals surface area contributed by atoms with Gasteiger partial charge in [0.1, 0.15) is 18.2 Å². The summed E-state index contributed by atoms with van der Waals surface area (Å²) in [6.45, 7) is 0.539. The van der Waals surface area contributed by atoms with Crippen LogP contribution in [0.3, 0.4) is 0 Å². The van der Waals surface area contributed by atoms with Crippen molar-refractivity contribution in [3.05, 3.63) is 66.2 Å². The fraction of sp³-hybridized carbons (Fsp3) is 0.261. The van der Waals surface area contributed by atoms with Gasteiger partial charge in [0, 0.05) is 36.1 Å². The predicted molar refractivity (Wildman–Crippen MR) is 123 cm³/mol. The second kappa shape index (κ2) is 12.2. The fourth-order valence-electron chi connectivity index (χ4n) is 3.15. The minimum Gasteiger partial charge on any atom is -0.492 e. The van der Waals surface area contributed by atoms with Crippen molar-refractivity contribution in [3.8, 4) is 16.9 Å². The molecule has 0 aliphatic heterocycles. The van der Waals surface area contributed by atoms with Crippen molar-refractivity contribution in [1.29, 1.82) is 0 Å². The van der Waals surface area contributed by atoms with Gasteiger partial charge in [0.05, 0.1) is 26.5 Å². The summed E-state index contributed by atoms with van der Waals surface area (Å²) < 4.78 is 24.6. The van der Waals surface area contributed by atoms with Crippen LogP contribution in [0.2, 0.25) is 0 Å². The molecule has 34 heavy (non-hydrogen) atoms. The number of methoxy groups -OCH3 is 1. The van der Waals surface area contributed by atoms with Crippen LogP contribution in [0, 0.1) is 5.82 Å². The molecule has 0 aliphatic rings. The molecule has 1 heterocycles. The van der Waals surface area contributed by atoms with E-state index in [0.29, 0.717) is 16.9 Å². The number of alkyl carbamates (subject to hydrolysis) is 1. The molecule has 0 atom stereocenters. The Labute approximate surface area is 195 Å². The minimum absolute atomic E-state index is 0.0789. The summed E-state index contributed by atoms with van der Waals surface area (Å²) in [6.07, 6.45) is 2.54. The number of carbonyl (C=O) groups excluding carboxylic acids is 2. The van der Waals surface area contributed by atoms with Crippen LogP contribution in [0.5, 0.6) is 5.75 Å². The van der Waals surface area contributed by atoms with Gasteiger partial charge in [0.2, 0.25) is 0 Å². The number of anilines is 1. The number of hydrogen-bond donors (Lipinski definition) is 4. The van der Waals surface area contributed by atoms with Crippen LogP contribution in [-0.2, 0) is 11.3 Å². The summed E-state index contributed by atoms with van der Waals surface area (Å²) in [6, 6.07) is 11.0. The number of nitrogens with zero attached hydrogens (tertiary/aromatic N) is 2. The van der Waals surface area contributed by atoms with E-state index in [1.165, 1.54) is 24.3 Å². The maximum Gasteiger partial charge on any atom is 0.406 e. The smallest absolute Gasteiger partial charge is 0.406 e. The third kappa shape index (κ3) is 6.94. The number of aromatic nitrogens is 2. The van der Waals surface area contributed by atoms with Crippen LogP contribution >= 0.6 is 0 Å². The first kappa shape index (κ1) is 24.5. The molecule has 0 saturated heterocycles. The van der Waals surface area contributed by atoms with Crippen LogP contribution in [-0.4, -0.2) is 65.7 Å². The van der Waals surface area contributed by atoms with Crippen molar-refractivity contribution in [2.75, 3.05) is 38.7 Å². The Morgan fingerprint density at radius 1 is 1.24 bits per heavy atom. The number of aliphatic hydroxyl groups excluding tert-OH is 1. The zero-order chi connectivity index (χ0) is 24.3. The van der Waals surface area contributed by atoms with E-state index in [1.54, 1.807) is 36.5 Å². The number of H-pyrrole nitrogens is 1. The SMILES string of the molecule is COC(=O)NCCOc1cccc(CN(CCO)C(=O)Nc2ccc(-c3cn[nH]c3)c(F)c2)c1. The molecule has 0 bridgehead atoms. The van der Waals surface area contributed by atoms with E-state index in [9.17, 15) is 19.1 Å². The lowest BCUT2D eigenvalue weighted by Crippen LogP contribution is -2.36.